The molecule has 2 N–H and O–H groups in total. The van der Waals surface area contributed by atoms with Gasteiger partial charge in [0.25, 0.3) is 0 Å². The first-order chi connectivity index (χ1) is 6.95. The molecule has 82 valence electrons. The molecular formula is C14H21N. The zero-order chi connectivity index (χ0) is 11.5. The first kappa shape index (κ1) is 12.0. The Morgan fingerprint density at radius 2 is 1.93 bits per heavy atom. The number of rotatable bonds is 2. The summed E-state index contributed by atoms with van der Waals surface area (Å²) in [5, 5.41) is 0. The zero-order valence-corrected chi connectivity index (χ0v) is 10.2. The molecule has 1 aromatic rings. The summed E-state index contributed by atoms with van der Waals surface area (Å²) in [6.45, 7) is 9.41. The van der Waals surface area contributed by atoms with Crippen LogP contribution in [0.25, 0.3) is 6.08 Å². The average molecular weight is 203 g/mol. The van der Waals surface area contributed by atoms with Gasteiger partial charge in [0.05, 0.1) is 0 Å². The molecule has 0 spiro atoms. The molecule has 0 aliphatic carbocycles. The normalized spacial score (nSPS) is 12.3. The largest absolute Gasteiger partial charge is 0.327 e. The number of hydrogen-bond acceptors (Lipinski definition) is 1. The van der Waals surface area contributed by atoms with Gasteiger partial charge in [-0.05, 0) is 29.0 Å². The van der Waals surface area contributed by atoms with Crippen LogP contribution < -0.4 is 5.73 Å². The van der Waals surface area contributed by atoms with Crippen LogP contribution in [0.2, 0.25) is 0 Å². The summed E-state index contributed by atoms with van der Waals surface area (Å²) in [4.78, 5) is 0. The fraction of sp³-hybridized carbons (Fsp3) is 0.429. The molecule has 0 aliphatic heterocycles. The Morgan fingerprint density at radius 1 is 1.27 bits per heavy atom. The summed E-state index contributed by atoms with van der Waals surface area (Å²) >= 11 is 0. The molecule has 0 unspecified atom stereocenters. The second-order valence-electron chi connectivity index (χ2n) is 4.96. The van der Waals surface area contributed by atoms with E-state index in [1.165, 1.54) is 16.7 Å². The number of nitrogens with two attached hydrogens (primary N) is 1. The Morgan fingerprint density at radius 3 is 2.47 bits per heavy atom. The predicted molar refractivity (Wildman–Crippen MR) is 68.0 cm³/mol. The summed E-state index contributed by atoms with van der Waals surface area (Å²) in [6, 6.07) is 6.63. The molecule has 0 atom stereocenters. The topological polar surface area (TPSA) is 26.0 Å². The second-order valence-corrected chi connectivity index (χ2v) is 4.96. The van der Waals surface area contributed by atoms with Gasteiger partial charge in [0, 0.05) is 6.54 Å². The van der Waals surface area contributed by atoms with Gasteiger partial charge >= 0.3 is 0 Å². The molecule has 15 heavy (non-hydrogen) atoms. The van der Waals surface area contributed by atoms with Crippen LogP contribution in [0, 0.1) is 6.92 Å². The van der Waals surface area contributed by atoms with Crippen molar-refractivity contribution in [3.05, 3.63) is 41.0 Å². The first-order valence-electron chi connectivity index (χ1n) is 5.43. The van der Waals surface area contributed by atoms with Crippen LogP contribution in [0.1, 0.15) is 37.5 Å². The van der Waals surface area contributed by atoms with Crippen molar-refractivity contribution in [2.75, 3.05) is 6.54 Å². The third kappa shape index (κ3) is 3.21. The maximum absolute atomic E-state index is 5.46. The van der Waals surface area contributed by atoms with Crippen molar-refractivity contribution in [3.63, 3.8) is 0 Å². The van der Waals surface area contributed by atoms with E-state index in [-0.39, 0.29) is 5.41 Å². The van der Waals surface area contributed by atoms with Gasteiger partial charge in [-0.25, -0.2) is 0 Å². The summed E-state index contributed by atoms with van der Waals surface area (Å²) < 4.78 is 0. The Hall–Kier alpha value is -1.08. The highest BCUT2D eigenvalue weighted by Crippen LogP contribution is 2.24. The van der Waals surface area contributed by atoms with E-state index < -0.39 is 0 Å². The average Bonchev–Trinajstić information content (AvgIpc) is 2.15. The van der Waals surface area contributed by atoms with Crippen LogP contribution in [-0.2, 0) is 5.41 Å². The quantitative estimate of drug-likeness (QED) is 0.784. The standard InChI is InChI=1S/C14H21N/c1-11-7-8-13(14(2,3)4)10-12(11)6-5-9-15/h5-8,10H,9,15H2,1-4H3/b6-5+. The molecule has 0 bridgehead atoms. The van der Waals surface area contributed by atoms with Crippen molar-refractivity contribution in [2.45, 2.75) is 33.1 Å². The number of benzene rings is 1. The van der Waals surface area contributed by atoms with E-state index in [9.17, 15) is 0 Å². The van der Waals surface area contributed by atoms with Gasteiger partial charge in [-0.15, -0.1) is 0 Å². The fourth-order valence-electron chi connectivity index (χ4n) is 1.48. The maximum Gasteiger partial charge on any atom is 0.0110 e. The summed E-state index contributed by atoms with van der Waals surface area (Å²) in [7, 11) is 0. The molecule has 1 aromatic carbocycles. The highest BCUT2D eigenvalue weighted by atomic mass is 14.5. The molecule has 0 aromatic heterocycles. The zero-order valence-electron chi connectivity index (χ0n) is 10.2. The molecule has 0 aliphatic rings. The molecule has 0 amide bonds. The van der Waals surface area contributed by atoms with Crippen LogP contribution in [0.5, 0.6) is 0 Å². The minimum absolute atomic E-state index is 0.207. The van der Waals surface area contributed by atoms with Gasteiger partial charge < -0.3 is 5.73 Å². The van der Waals surface area contributed by atoms with E-state index in [0.29, 0.717) is 6.54 Å². The van der Waals surface area contributed by atoms with E-state index >= 15 is 0 Å². The lowest BCUT2D eigenvalue weighted by molar-refractivity contribution is 0.590. The Bertz CT molecular complexity index is 356. The van der Waals surface area contributed by atoms with Crippen molar-refractivity contribution >= 4 is 6.08 Å². The van der Waals surface area contributed by atoms with Crippen molar-refractivity contribution in [2.24, 2.45) is 5.73 Å². The van der Waals surface area contributed by atoms with E-state index in [1.54, 1.807) is 0 Å². The molecule has 1 rings (SSSR count). The molecule has 1 nitrogen and oxygen atoms in total. The molecule has 0 radical (unpaired) electrons. The molecule has 0 fully saturated rings. The summed E-state index contributed by atoms with van der Waals surface area (Å²) in [5.41, 5.74) is 9.61. The van der Waals surface area contributed by atoms with Crippen molar-refractivity contribution < 1.29 is 0 Å². The second kappa shape index (κ2) is 4.63. The molecule has 1 heteroatoms. The minimum Gasteiger partial charge on any atom is -0.327 e. The molecule has 0 saturated heterocycles. The molecule has 0 heterocycles. The summed E-state index contributed by atoms with van der Waals surface area (Å²) in [6.07, 6.45) is 4.10. The molecule has 0 saturated carbocycles. The monoisotopic (exact) mass is 203 g/mol. The van der Waals surface area contributed by atoms with Crippen LogP contribution in [0.3, 0.4) is 0 Å². The maximum atomic E-state index is 5.46. The minimum atomic E-state index is 0.207. The lowest BCUT2D eigenvalue weighted by Crippen LogP contribution is -2.11. The third-order valence-corrected chi connectivity index (χ3v) is 2.58. The van der Waals surface area contributed by atoms with E-state index in [2.05, 4.69) is 52.0 Å². The van der Waals surface area contributed by atoms with Crippen LogP contribution in [-0.4, -0.2) is 6.54 Å². The van der Waals surface area contributed by atoms with Gasteiger partial charge in [0.1, 0.15) is 0 Å². The van der Waals surface area contributed by atoms with Crippen LogP contribution >= 0.6 is 0 Å². The Balaban J connectivity index is 3.11. The molecular weight excluding hydrogens is 182 g/mol. The van der Waals surface area contributed by atoms with E-state index in [1.807, 2.05) is 6.08 Å². The Labute approximate surface area is 93.0 Å². The highest BCUT2D eigenvalue weighted by Gasteiger charge is 2.13. The number of aryl methyl sites for hydroxylation is 1. The van der Waals surface area contributed by atoms with Gasteiger partial charge in [0.2, 0.25) is 0 Å². The van der Waals surface area contributed by atoms with E-state index in [0.717, 1.165) is 0 Å². The van der Waals surface area contributed by atoms with Crippen molar-refractivity contribution in [1.29, 1.82) is 0 Å². The Kier molecular flexibility index (Phi) is 3.70. The van der Waals surface area contributed by atoms with Gasteiger partial charge in [-0.2, -0.15) is 0 Å². The number of hydrogen-bond donors (Lipinski definition) is 1. The van der Waals surface area contributed by atoms with Crippen LogP contribution in [0.4, 0.5) is 0 Å². The van der Waals surface area contributed by atoms with Crippen molar-refractivity contribution in [3.8, 4) is 0 Å². The smallest absolute Gasteiger partial charge is 0.0110 e. The SMILES string of the molecule is Cc1ccc(C(C)(C)C)cc1/C=C/CN. The lowest BCUT2D eigenvalue weighted by Gasteiger charge is -2.20. The van der Waals surface area contributed by atoms with Gasteiger partial charge in [-0.1, -0.05) is 51.1 Å². The third-order valence-electron chi connectivity index (χ3n) is 2.58. The lowest BCUT2D eigenvalue weighted by atomic mass is 9.85. The van der Waals surface area contributed by atoms with Crippen molar-refractivity contribution in [1.82, 2.24) is 0 Å². The van der Waals surface area contributed by atoms with Crippen LogP contribution in [0.15, 0.2) is 24.3 Å². The fourth-order valence-corrected chi connectivity index (χ4v) is 1.48. The van der Waals surface area contributed by atoms with Gasteiger partial charge in [0.15, 0.2) is 0 Å². The van der Waals surface area contributed by atoms with Gasteiger partial charge in [-0.3, -0.25) is 0 Å². The summed E-state index contributed by atoms with van der Waals surface area (Å²) in [5.74, 6) is 0. The highest BCUT2D eigenvalue weighted by molar-refractivity contribution is 5.55. The van der Waals surface area contributed by atoms with E-state index in [4.69, 9.17) is 5.73 Å². The first-order valence-corrected chi connectivity index (χ1v) is 5.43. The predicted octanol–water partition coefficient (Wildman–Crippen LogP) is 3.26.